The molecule has 106 valence electrons. The molecule has 1 heterocycles. The number of carbonyl (C=O) groups excluding carboxylic acids is 1. The first-order valence-corrected chi connectivity index (χ1v) is 7.29. The number of carbonyl (C=O) groups is 2. The zero-order valence-corrected chi connectivity index (χ0v) is 11.5. The van der Waals surface area contributed by atoms with Crippen LogP contribution in [0.5, 0.6) is 0 Å². The molecule has 0 unspecified atom stereocenters. The van der Waals surface area contributed by atoms with Crippen LogP contribution in [0, 0.1) is 5.92 Å². The van der Waals surface area contributed by atoms with Crippen molar-refractivity contribution >= 4 is 11.9 Å². The second-order valence-corrected chi connectivity index (χ2v) is 5.77. The number of hydrogen-bond donors (Lipinski definition) is 1. The Morgan fingerprint density at radius 2 is 1.90 bits per heavy atom. The summed E-state index contributed by atoms with van der Waals surface area (Å²) < 4.78 is 0. The van der Waals surface area contributed by atoms with Gasteiger partial charge < -0.3 is 10.0 Å². The zero-order chi connectivity index (χ0) is 14.1. The van der Waals surface area contributed by atoms with Crippen molar-refractivity contribution < 1.29 is 14.7 Å². The predicted octanol–water partition coefficient (Wildman–Crippen LogP) is 2.11. The molecule has 3 rings (SSSR count). The van der Waals surface area contributed by atoms with Crippen molar-refractivity contribution in [2.75, 3.05) is 13.1 Å². The number of carboxylic acid groups (broad SMARTS) is 1. The maximum absolute atomic E-state index is 12.4. The van der Waals surface area contributed by atoms with E-state index in [0.717, 1.165) is 12.8 Å². The highest BCUT2D eigenvalue weighted by Gasteiger charge is 2.31. The van der Waals surface area contributed by atoms with E-state index in [0.29, 0.717) is 25.1 Å². The number of aryl methyl sites for hydroxylation is 2. The van der Waals surface area contributed by atoms with Crippen LogP contribution in [-0.2, 0) is 17.6 Å². The smallest absolute Gasteiger partial charge is 0.308 e. The van der Waals surface area contributed by atoms with Crippen molar-refractivity contribution in [1.29, 1.82) is 0 Å². The van der Waals surface area contributed by atoms with Crippen molar-refractivity contribution in [2.24, 2.45) is 5.92 Å². The quantitative estimate of drug-likeness (QED) is 0.898. The van der Waals surface area contributed by atoms with E-state index in [4.69, 9.17) is 5.11 Å². The van der Waals surface area contributed by atoms with Gasteiger partial charge in [-0.1, -0.05) is 6.07 Å². The van der Waals surface area contributed by atoms with Gasteiger partial charge in [-0.05, 0) is 55.4 Å². The number of amides is 1. The minimum absolute atomic E-state index is 0.0258. The Morgan fingerprint density at radius 1 is 1.15 bits per heavy atom. The predicted molar refractivity (Wildman–Crippen MR) is 74.7 cm³/mol. The van der Waals surface area contributed by atoms with Gasteiger partial charge in [0.05, 0.1) is 5.92 Å². The second kappa shape index (κ2) is 5.27. The molecule has 1 atom stereocenters. The van der Waals surface area contributed by atoms with Gasteiger partial charge in [0.1, 0.15) is 0 Å². The minimum Gasteiger partial charge on any atom is -0.481 e. The largest absolute Gasteiger partial charge is 0.481 e. The molecule has 1 amide bonds. The summed E-state index contributed by atoms with van der Waals surface area (Å²) in [5.74, 6) is -1.23. The lowest BCUT2D eigenvalue weighted by atomic mass is 9.90. The topological polar surface area (TPSA) is 57.6 Å². The molecule has 1 aliphatic carbocycles. The maximum Gasteiger partial charge on any atom is 0.308 e. The van der Waals surface area contributed by atoms with Crippen LogP contribution in [0.2, 0.25) is 0 Å². The van der Waals surface area contributed by atoms with E-state index in [1.165, 1.54) is 24.0 Å². The molecule has 0 bridgehead atoms. The average Bonchev–Trinajstić information content (AvgIpc) is 2.96. The number of likely N-dealkylation sites (tertiary alicyclic amines) is 1. The highest BCUT2D eigenvalue weighted by atomic mass is 16.4. The molecule has 20 heavy (non-hydrogen) atoms. The molecule has 4 heteroatoms. The number of benzene rings is 1. The minimum atomic E-state index is -0.800. The van der Waals surface area contributed by atoms with Crippen LogP contribution in [0.15, 0.2) is 18.2 Å². The molecule has 2 aliphatic rings. The SMILES string of the molecule is O=C(O)[C@@H]1CCN(C(=O)c2ccc3c(c2)CCCC3)C1. The summed E-state index contributed by atoms with van der Waals surface area (Å²) in [6.45, 7) is 0.887. The van der Waals surface area contributed by atoms with Gasteiger partial charge >= 0.3 is 5.97 Å². The van der Waals surface area contributed by atoms with Crippen molar-refractivity contribution in [3.8, 4) is 0 Å². The fourth-order valence-electron chi connectivity index (χ4n) is 3.20. The summed E-state index contributed by atoms with van der Waals surface area (Å²) >= 11 is 0. The Bertz CT molecular complexity index is 553. The Morgan fingerprint density at radius 3 is 2.60 bits per heavy atom. The van der Waals surface area contributed by atoms with E-state index in [-0.39, 0.29) is 5.91 Å². The molecule has 1 N–H and O–H groups in total. The number of aliphatic carboxylic acids is 1. The van der Waals surface area contributed by atoms with Crippen molar-refractivity contribution in [3.63, 3.8) is 0 Å². The van der Waals surface area contributed by atoms with Crippen molar-refractivity contribution in [3.05, 3.63) is 34.9 Å². The average molecular weight is 273 g/mol. The summed E-state index contributed by atoms with van der Waals surface area (Å²) in [5.41, 5.74) is 3.35. The molecule has 0 spiro atoms. The Kier molecular flexibility index (Phi) is 3.47. The number of carboxylic acids is 1. The summed E-state index contributed by atoms with van der Waals surface area (Å²) in [6.07, 6.45) is 5.14. The highest BCUT2D eigenvalue weighted by Crippen LogP contribution is 2.24. The third kappa shape index (κ3) is 2.42. The number of rotatable bonds is 2. The van der Waals surface area contributed by atoms with Gasteiger partial charge in [-0.3, -0.25) is 9.59 Å². The monoisotopic (exact) mass is 273 g/mol. The van der Waals surface area contributed by atoms with Gasteiger partial charge in [0, 0.05) is 18.7 Å². The first-order chi connectivity index (χ1) is 9.65. The normalized spacial score (nSPS) is 21.6. The molecule has 0 aromatic heterocycles. The van der Waals surface area contributed by atoms with E-state index in [1.807, 2.05) is 12.1 Å². The summed E-state index contributed by atoms with van der Waals surface area (Å²) in [4.78, 5) is 25.1. The lowest BCUT2D eigenvalue weighted by molar-refractivity contribution is -0.141. The van der Waals surface area contributed by atoms with Gasteiger partial charge in [-0.15, -0.1) is 0 Å². The van der Waals surface area contributed by atoms with Crippen LogP contribution in [0.4, 0.5) is 0 Å². The lowest BCUT2D eigenvalue weighted by Gasteiger charge is -2.19. The van der Waals surface area contributed by atoms with Crippen LogP contribution < -0.4 is 0 Å². The first kappa shape index (κ1) is 13.2. The van der Waals surface area contributed by atoms with Crippen LogP contribution in [0.1, 0.15) is 40.7 Å². The van der Waals surface area contributed by atoms with Crippen LogP contribution in [-0.4, -0.2) is 35.0 Å². The first-order valence-electron chi connectivity index (χ1n) is 7.29. The van der Waals surface area contributed by atoms with E-state index >= 15 is 0 Å². The third-order valence-corrected chi connectivity index (χ3v) is 4.42. The Hall–Kier alpha value is -1.84. The van der Waals surface area contributed by atoms with Gasteiger partial charge in [-0.2, -0.15) is 0 Å². The number of nitrogens with zero attached hydrogens (tertiary/aromatic N) is 1. The molecular formula is C16H19NO3. The molecule has 0 radical (unpaired) electrons. The van der Waals surface area contributed by atoms with E-state index in [2.05, 4.69) is 6.07 Å². The second-order valence-electron chi connectivity index (χ2n) is 5.77. The zero-order valence-electron chi connectivity index (χ0n) is 11.5. The summed E-state index contributed by atoms with van der Waals surface area (Å²) in [7, 11) is 0. The van der Waals surface area contributed by atoms with Gasteiger partial charge in [-0.25, -0.2) is 0 Å². The molecule has 1 aliphatic heterocycles. The fourth-order valence-corrected chi connectivity index (χ4v) is 3.20. The standard InChI is InChI=1S/C16H19NO3/c18-15(17-8-7-14(10-17)16(19)20)13-6-5-11-3-1-2-4-12(11)9-13/h5-6,9,14H,1-4,7-8,10H2,(H,19,20)/t14-/m1/s1. The number of hydrogen-bond acceptors (Lipinski definition) is 2. The van der Waals surface area contributed by atoms with Gasteiger partial charge in [0.25, 0.3) is 5.91 Å². The third-order valence-electron chi connectivity index (χ3n) is 4.42. The Balaban J connectivity index is 1.76. The van der Waals surface area contributed by atoms with Crippen LogP contribution >= 0.6 is 0 Å². The summed E-state index contributed by atoms with van der Waals surface area (Å²) in [5, 5.41) is 9.00. The molecule has 4 nitrogen and oxygen atoms in total. The molecule has 1 saturated heterocycles. The van der Waals surface area contributed by atoms with E-state index in [1.54, 1.807) is 4.90 Å². The van der Waals surface area contributed by atoms with Gasteiger partial charge in [0.15, 0.2) is 0 Å². The molecule has 1 aromatic carbocycles. The maximum atomic E-state index is 12.4. The summed E-state index contributed by atoms with van der Waals surface area (Å²) in [6, 6.07) is 5.96. The van der Waals surface area contributed by atoms with Crippen LogP contribution in [0.3, 0.4) is 0 Å². The van der Waals surface area contributed by atoms with Gasteiger partial charge in [0.2, 0.25) is 0 Å². The molecule has 1 fully saturated rings. The molecule has 1 aromatic rings. The molecular weight excluding hydrogens is 254 g/mol. The Labute approximate surface area is 118 Å². The fraction of sp³-hybridized carbons (Fsp3) is 0.500. The lowest BCUT2D eigenvalue weighted by Crippen LogP contribution is -2.30. The van der Waals surface area contributed by atoms with Crippen molar-refractivity contribution in [2.45, 2.75) is 32.1 Å². The molecule has 0 saturated carbocycles. The van der Waals surface area contributed by atoms with Crippen molar-refractivity contribution in [1.82, 2.24) is 4.90 Å². The highest BCUT2D eigenvalue weighted by molar-refractivity contribution is 5.95. The van der Waals surface area contributed by atoms with E-state index < -0.39 is 11.9 Å². The van der Waals surface area contributed by atoms with Crippen LogP contribution in [0.25, 0.3) is 0 Å². The van der Waals surface area contributed by atoms with E-state index in [9.17, 15) is 9.59 Å². The number of fused-ring (bicyclic) bond motifs is 1.